The molecule has 0 N–H and O–H groups in total. The molecule has 0 aliphatic rings. The molecule has 0 saturated heterocycles. The molecule has 0 amide bonds. The summed E-state index contributed by atoms with van der Waals surface area (Å²) in [6, 6.07) is 23.5. The van der Waals surface area contributed by atoms with Gasteiger partial charge in [-0.3, -0.25) is 4.79 Å². The Balaban J connectivity index is 1.63. The fourth-order valence-electron chi connectivity index (χ4n) is 4.17. The van der Waals surface area contributed by atoms with E-state index in [2.05, 4.69) is 28.0 Å². The Labute approximate surface area is 222 Å². The molecule has 5 nitrogen and oxygen atoms in total. The first kappa shape index (κ1) is 24.8. The molecule has 1 atom stereocenters. The zero-order valence-electron chi connectivity index (χ0n) is 20.5. The van der Waals surface area contributed by atoms with Gasteiger partial charge < -0.3 is 4.74 Å². The van der Waals surface area contributed by atoms with Gasteiger partial charge in [0.1, 0.15) is 24.0 Å². The normalized spacial score (nSPS) is 12.4. The number of nitrogens with zero attached hydrogens (tertiary/aromatic N) is 3. The Bertz CT molecular complexity index is 1680. The van der Waals surface area contributed by atoms with Gasteiger partial charge in [-0.1, -0.05) is 72.2 Å². The number of benzene rings is 4. The molecule has 5 aromatic rings. The van der Waals surface area contributed by atoms with Gasteiger partial charge in [0.2, 0.25) is 0 Å². The zero-order valence-corrected chi connectivity index (χ0v) is 22.1. The third-order valence-electron chi connectivity index (χ3n) is 6.43. The highest BCUT2D eigenvalue weighted by atomic mass is 79.9. The monoisotopic (exact) mass is 557 g/mol. The average molecular weight is 558 g/mol. The van der Waals surface area contributed by atoms with E-state index < -0.39 is 0 Å². The summed E-state index contributed by atoms with van der Waals surface area (Å²) in [5, 5.41) is 7.13. The van der Waals surface area contributed by atoms with Crippen molar-refractivity contribution in [3.8, 4) is 5.75 Å². The van der Waals surface area contributed by atoms with Crippen LogP contribution in [-0.2, 0) is 6.61 Å². The lowest BCUT2D eigenvalue weighted by Gasteiger charge is -2.15. The lowest BCUT2D eigenvalue weighted by molar-refractivity contribution is 0.306. The molecule has 7 heteroatoms. The molecule has 0 radical (unpaired) electrons. The Morgan fingerprint density at radius 1 is 1.05 bits per heavy atom. The summed E-state index contributed by atoms with van der Waals surface area (Å²) in [6.07, 6.45) is 2.48. The fraction of sp³-hybridized carbons (Fsp3) is 0.167. The third kappa shape index (κ3) is 5.18. The number of rotatable bonds is 7. The van der Waals surface area contributed by atoms with Gasteiger partial charge in [0.15, 0.2) is 0 Å². The maximum atomic E-state index is 13.6. The van der Waals surface area contributed by atoms with Crippen LogP contribution in [0, 0.1) is 5.82 Å². The van der Waals surface area contributed by atoms with Crippen molar-refractivity contribution >= 4 is 43.8 Å². The van der Waals surface area contributed by atoms with Gasteiger partial charge in [0.25, 0.3) is 5.56 Å². The van der Waals surface area contributed by atoms with E-state index in [-0.39, 0.29) is 23.9 Å². The third-order valence-corrected chi connectivity index (χ3v) is 6.92. The molecule has 0 bridgehead atoms. The summed E-state index contributed by atoms with van der Waals surface area (Å²) >= 11 is 3.45. The summed E-state index contributed by atoms with van der Waals surface area (Å²) in [6.45, 7) is 4.36. The van der Waals surface area contributed by atoms with Crippen molar-refractivity contribution in [2.75, 3.05) is 0 Å². The first-order chi connectivity index (χ1) is 17.9. The highest BCUT2D eigenvalue weighted by molar-refractivity contribution is 9.10. The summed E-state index contributed by atoms with van der Waals surface area (Å²) < 4.78 is 21.7. The number of hydrogen-bond donors (Lipinski definition) is 0. The van der Waals surface area contributed by atoms with E-state index >= 15 is 0 Å². The highest BCUT2D eigenvalue weighted by Crippen LogP contribution is 2.28. The van der Waals surface area contributed by atoms with Gasteiger partial charge in [-0.05, 0) is 59.2 Å². The number of halogens is 2. The molecule has 5 rings (SSSR count). The molecule has 0 unspecified atom stereocenters. The summed E-state index contributed by atoms with van der Waals surface area (Å²) in [5.41, 5.74) is 2.00. The van der Waals surface area contributed by atoms with Crippen LogP contribution < -0.4 is 10.3 Å². The van der Waals surface area contributed by atoms with Crippen molar-refractivity contribution in [1.82, 2.24) is 9.66 Å². The van der Waals surface area contributed by atoms with E-state index in [1.165, 1.54) is 16.8 Å². The molecule has 4 aromatic carbocycles. The van der Waals surface area contributed by atoms with Crippen LogP contribution >= 0.6 is 15.9 Å². The Morgan fingerprint density at radius 3 is 2.62 bits per heavy atom. The Morgan fingerprint density at radius 2 is 1.84 bits per heavy atom. The molecule has 0 aliphatic carbocycles. The molecule has 0 saturated carbocycles. The SMILES string of the molecule is CC[C@@H](C)c1nc2ccc(Br)cc2c(=O)n1N=Cc1c(OCc2ccc(F)cc2)ccc2ccccc12. The van der Waals surface area contributed by atoms with E-state index in [9.17, 15) is 9.18 Å². The van der Waals surface area contributed by atoms with Gasteiger partial charge in [-0.25, -0.2) is 9.37 Å². The number of fused-ring (bicyclic) bond motifs is 2. The van der Waals surface area contributed by atoms with Gasteiger partial charge in [0.05, 0.1) is 17.1 Å². The topological polar surface area (TPSA) is 56.5 Å². The van der Waals surface area contributed by atoms with Crippen molar-refractivity contribution in [3.05, 3.63) is 116 Å². The molecule has 1 aromatic heterocycles. The maximum absolute atomic E-state index is 13.6. The predicted octanol–water partition coefficient (Wildman–Crippen LogP) is 7.43. The van der Waals surface area contributed by atoms with Gasteiger partial charge in [-0.2, -0.15) is 9.78 Å². The first-order valence-corrected chi connectivity index (χ1v) is 12.9. The van der Waals surface area contributed by atoms with E-state index in [1.807, 2.05) is 55.5 Å². The van der Waals surface area contributed by atoms with E-state index in [0.717, 1.165) is 32.8 Å². The lowest BCUT2D eigenvalue weighted by atomic mass is 10.0. The standard InChI is InChI=1S/C30H25BrFN3O2/c1-3-19(2)29-34-27-14-11-22(31)16-25(27)30(36)35(29)33-17-26-24-7-5-4-6-21(24)10-15-28(26)37-18-20-8-12-23(32)13-9-20/h4-17,19H,3,18H2,1-2H3/t19-/m1/s1. The molecule has 0 spiro atoms. The van der Waals surface area contributed by atoms with Crippen LogP contribution in [0.5, 0.6) is 5.75 Å². The molecule has 0 aliphatic heterocycles. The molecular formula is C30H25BrFN3O2. The van der Waals surface area contributed by atoms with Crippen molar-refractivity contribution < 1.29 is 9.13 Å². The van der Waals surface area contributed by atoms with Crippen LogP contribution in [0.1, 0.15) is 43.1 Å². The van der Waals surface area contributed by atoms with Gasteiger partial charge in [-0.15, -0.1) is 0 Å². The molecular weight excluding hydrogens is 533 g/mol. The van der Waals surface area contributed by atoms with Crippen LogP contribution in [0.15, 0.2) is 93.2 Å². The second-order valence-electron chi connectivity index (χ2n) is 8.92. The summed E-state index contributed by atoms with van der Waals surface area (Å²) in [5.74, 6) is 0.953. The minimum atomic E-state index is -0.291. The van der Waals surface area contributed by atoms with Crippen molar-refractivity contribution in [1.29, 1.82) is 0 Å². The van der Waals surface area contributed by atoms with E-state index in [0.29, 0.717) is 22.5 Å². The Kier molecular flexibility index (Phi) is 7.15. The van der Waals surface area contributed by atoms with Crippen LogP contribution in [0.3, 0.4) is 0 Å². The zero-order chi connectivity index (χ0) is 25.9. The molecule has 0 fully saturated rings. The predicted molar refractivity (Wildman–Crippen MR) is 150 cm³/mol. The molecule has 1 heterocycles. The number of aromatic nitrogens is 2. The second-order valence-corrected chi connectivity index (χ2v) is 9.83. The molecule has 37 heavy (non-hydrogen) atoms. The summed E-state index contributed by atoms with van der Waals surface area (Å²) in [7, 11) is 0. The Hall–Kier alpha value is -3.84. The maximum Gasteiger partial charge on any atom is 0.282 e. The second kappa shape index (κ2) is 10.6. The minimum Gasteiger partial charge on any atom is -0.488 e. The van der Waals surface area contributed by atoms with E-state index in [1.54, 1.807) is 24.4 Å². The largest absolute Gasteiger partial charge is 0.488 e. The first-order valence-electron chi connectivity index (χ1n) is 12.1. The fourth-order valence-corrected chi connectivity index (χ4v) is 4.53. The summed E-state index contributed by atoms with van der Waals surface area (Å²) in [4.78, 5) is 18.4. The van der Waals surface area contributed by atoms with E-state index in [4.69, 9.17) is 9.72 Å². The highest BCUT2D eigenvalue weighted by Gasteiger charge is 2.16. The van der Waals surface area contributed by atoms with Gasteiger partial charge in [0, 0.05) is 16.0 Å². The quantitative estimate of drug-likeness (QED) is 0.195. The minimum absolute atomic E-state index is 0.0274. The molecule has 186 valence electrons. The lowest BCUT2D eigenvalue weighted by Crippen LogP contribution is -2.23. The van der Waals surface area contributed by atoms with Crippen LogP contribution in [-0.4, -0.2) is 15.9 Å². The van der Waals surface area contributed by atoms with Crippen molar-refractivity contribution in [3.63, 3.8) is 0 Å². The van der Waals surface area contributed by atoms with Crippen molar-refractivity contribution in [2.45, 2.75) is 32.8 Å². The van der Waals surface area contributed by atoms with Gasteiger partial charge >= 0.3 is 0 Å². The smallest absolute Gasteiger partial charge is 0.282 e. The number of hydrogen-bond acceptors (Lipinski definition) is 4. The van der Waals surface area contributed by atoms with Crippen LogP contribution in [0.2, 0.25) is 0 Å². The number of ether oxygens (including phenoxy) is 1. The van der Waals surface area contributed by atoms with Crippen LogP contribution in [0.25, 0.3) is 21.7 Å². The van der Waals surface area contributed by atoms with Crippen molar-refractivity contribution in [2.24, 2.45) is 5.10 Å². The average Bonchev–Trinajstić information content (AvgIpc) is 2.92. The van der Waals surface area contributed by atoms with Crippen LogP contribution in [0.4, 0.5) is 4.39 Å².